The maximum Gasteiger partial charge on any atom is 0.325 e. The molecule has 4 rings (SSSR count). The number of hydrogen-bond donors (Lipinski definition) is 1. The van der Waals surface area contributed by atoms with E-state index in [1.165, 1.54) is 4.90 Å². The van der Waals surface area contributed by atoms with Crippen LogP contribution in [0.5, 0.6) is 0 Å². The van der Waals surface area contributed by atoms with Crippen molar-refractivity contribution in [3.05, 3.63) is 30.1 Å². The van der Waals surface area contributed by atoms with Gasteiger partial charge in [0.05, 0.1) is 17.6 Å². The fourth-order valence-corrected chi connectivity index (χ4v) is 3.95. The molecule has 2 aliphatic heterocycles. The average molecular weight is 341 g/mol. The first-order chi connectivity index (χ1) is 11.9. The highest BCUT2D eigenvalue weighted by Gasteiger charge is 2.55. The lowest BCUT2D eigenvalue weighted by Gasteiger charge is -2.23. The minimum Gasteiger partial charge on any atom is -0.330 e. The Balaban J connectivity index is 1.54. The first-order valence-electron chi connectivity index (χ1n) is 8.70. The summed E-state index contributed by atoms with van der Waals surface area (Å²) in [7, 11) is 2.01. The molecular formula is C18H23N5O2. The highest BCUT2D eigenvalue weighted by atomic mass is 16.2. The van der Waals surface area contributed by atoms with Crippen molar-refractivity contribution in [3.8, 4) is 0 Å². The van der Waals surface area contributed by atoms with Crippen LogP contribution >= 0.6 is 0 Å². The summed E-state index contributed by atoms with van der Waals surface area (Å²) < 4.78 is 2.09. The number of benzene rings is 1. The number of para-hydroxylation sites is 2. The van der Waals surface area contributed by atoms with E-state index in [9.17, 15) is 9.59 Å². The number of rotatable bonds is 3. The molecule has 3 amide bonds. The van der Waals surface area contributed by atoms with Gasteiger partial charge in [-0.1, -0.05) is 12.1 Å². The summed E-state index contributed by atoms with van der Waals surface area (Å²) >= 11 is 0. The van der Waals surface area contributed by atoms with Crippen molar-refractivity contribution < 1.29 is 9.59 Å². The van der Waals surface area contributed by atoms with Crippen LogP contribution in [0.2, 0.25) is 0 Å². The highest BCUT2D eigenvalue weighted by Crippen LogP contribution is 2.30. The van der Waals surface area contributed by atoms with Gasteiger partial charge in [0.2, 0.25) is 0 Å². The van der Waals surface area contributed by atoms with E-state index in [1.807, 2.05) is 39.1 Å². The van der Waals surface area contributed by atoms with Gasteiger partial charge in [-0.05, 0) is 32.4 Å². The molecule has 3 heterocycles. The molecule has 25 heavy (non-hydrogen) atoms. The second-order valence-corrected chi connectivity index (χ2v) is 7.32. The normalized spacial score (nSPS) is 24.2. The molecule has 0 aliphatic carbocycles. The number of hydrogen-bond acceptors (Lipinski definition) is 4. The summed E-state index contributed by atoms with van der Waals surface area (Å²) in [4.78, 5) is 33.2. The molecule has 1 aromatic heterocycles. The molecule has 0 radical (unpaired) electrons. The molecular weight excluding hydrogens is 318 g/mol. The van der Waals surface area contributed by atoms with Crippen molar-refractivity contribution >= 4 is 23.0 Å². The maximum absolute atomic E-state index is 12.8. The summed E-state index contributed by atoms with van der Waals surface area (Å²) in [6.45, 7) is 5.69. The van der Waals surface area contributed by atoms with Gasteiger partial charge in [0.15, 0.2) is 0 Å². The zero-order valence-electron chi connectivity index (χ0n) is 14.8. The van der Waals surface area contributed by atoms with Crippen LogP contribution in [-0.4, -0.2) is 56.0 Å². The summed E-state index contributed by atoms with van der Waals surface area (Å²) in [5, 5.41) is 2.94. The van der Waals surface area contributed by atoms with Gasteiger partial charge in [-0.3, -0.25) is 14.6 Å². The van der Waals surface area contributed by atoms with Gasteiger partial charge in [0, 0.05) is 26.2 Å². The number of nitrogens with one attached hydrogen (secondary N) is 1. The number of fused-ring (bicyclic) bond motifs is 1. The number of urea groups is 1. The number of carbonyl (C=O) groups excluding carboxylic acids is 2. The molecule has 2 saturated heterocycles. The first-order valence-corrected chi connectivity index (χ1v) is 8.70. The molecule has 1 spiro atoms. The van der Waals surface area contributed by atoms with Gasteiger partial charge in [0.1, 0.15) is 11.4 Å². The third-order valence-corrected chi connectivity index (χ3v) is 5.30. The van der Waals surface area contributed by atoms with Crippen molar-refractivity contribution in [1.29, 1.82) is 0 Å². The molecule has 2 fully saturated rings. The molecule has 1 N–H and O–H groups in total. The van der Waals surface area contributed by atoms with E-state index in [2.05, 4.69) is 20.9 Å². The van der Waals surface area contributed by atoms with E-state index < -0.39 is 5.54 Å². The quantitative estimate of drug-likeness (QED) is 0.859. The monoisotopic (exact) mass is 341 g/mol. The van der Waals surface area contributed by atoms with E-state index in [0.29, 0.717) is 19.5 Å². The van der Waals surface area contributed by atoms with Crippen molar-refractivity contribution in [2.75, 3.05) is 13.1 Å². The number of carbonyl (C=O) groups is 2. The van der Waals surface area contributed by atoms with E-state index >= 15 is 0 Å². The highest BCUT2D eigenvalue weighted by molar-refractivity contribution is 6.07. The average Bonchev–Trinajstić information content (AvgIpc) is 3.18. The second-order valence-electron chi connectivity index (χ2n) is 7.32. The summed E-state index contributed by atoms with van der Waals surface area (Å²) in [6, 6.07) is 7.65. The van der Waals surface area contributed by atoms with E-state index in [0.717, 1.165) is 23.4 Å². The number of likely N-dealkylation sites (tertiary alicyclic amines) is 1. The predicted molar refractivity (Wildman–Crippen MR) is 93.9 cm³/mol. The molecule has 0 bridgehead atoms. The molecule has 0 saturated carbocycles. The topological polar surface area (TPSA) is 70.5 Å². The molecule has 7 heteroatoms. The van der Waals surface area contributed by atoms with Gasteiger partial charge in [-0.25, -0.2) is 9.78 Å². The Bertz CT molecular complexity index is 858. The third-order valence-electron chi connectivity index (χ3n) is 5.30. The molecule has 7 nitrogen and oxygen atoms in total. The lowest BCUT2D eigenvalue weighted by Crippen LogP contribution is -2.49. The predicted octanol–water partition coefficient (Wildman–Crippen LogP) is 1.48. The molecule has 2 aliphatic rings. The molecule has 1 unspecified atom stereocenters. The minimum absolute atomic E-state index is 0.0972. The number of amides is 3. The summed E-state index contributed by atoms with van der Waals surface area (Å²) in [5.41, 5.74) is 1.30. The van der Waals surface area contributed by atoms with Crippen molar-refractivity contribution in [2.24, 2.45) is 7.05 Å². The standard InChI is InChI=1S/C18H23N5O2/c1-12(2)23-16(24)18(20-17(23)25)8-9-22(11-18)10-15-19-13-6-4-5-7-14(13)21(15)3/h4-7,12H,8-11H2,1-3H3,(H,20,25). The van der Waals surface area contributed by atoms with Gasteiger partial charge in [-0.15, -0.1) is 0 Å². The molecule has 2 aromatic rings. The minimum atomic E-state index is -0.772. The Morgan fingerprint density at radius 3 is 2.72 bits per heavy atom. The molecule has 1 aromatic carbocycles. The maximum atomic E-state index is 12.8. The number of nitrogens with zero attached hydrogens (tertiary/aromatic N) is 4. The zero-order chi connectivity index (χ0) is 17.8. The largest absolute Gasteiger partial charge is 0.330 e. The van der Waals surface area contributed by atoms with Crippen LogP contribution in [0.15, 0.2) is 24.3 Å². The fourth-order valence-electron chi connectivity index (χ4n) is 3.95. The van der Waals surface area contributed by atoms with Crippen LogP contribution < -0.4 is 5.32 Å². The summed E-state index contributed by atoms with van der Waals surface area (Å²) in [6.07, 6.45) is 0.644. The van der Waals surface area contributed by atoms with E-state index in [-0.39, 0.29) is 18.0 Å². The van der Waals surface area contributed by atoms with Crippen molar-refractivity contribution in [1.82, 2.24) is 24.7 Å². The van der Waals surface area contributed by atoms with Gasteiger partial charge >= 0.3 is 6.03 Å². The van der Waals surface area contributed by atoms with Crippen LogP contribution in [0.1, 0.15) is 26.1 Å². The number of imide groups is 1. The lowest BCUT2D eigenvalue weighted by molar-refractivity contribution is -0.132. The Kier molecular flexibility index (Phi) is 3.57. The molecule has 1 atom stereocenters. The SMILES string of the molecule is CC(C)N1C(=O)NC2(CCN(Cc3nc4ccccc4n3C)C2)C1=O. The first kappa shape index (κ1) is 16.1. The fraction of sp³-hybridized carbons (Fsp3) is 0.500. The molecule has 132 valence electrons. The Labute approximate surface area is 146 Å². The Hall–Kier alpha value is -2.41. The second kappa shape index (κ2) is 5.56. The van der Waals surface area contributed by atoms with Gasteiger partial charge < -0.3 is 9.88 Å². The Morgan fingerprint density at radius 1 is 1.28 bits per heavy atom. The van der Waals surface area contributed by atoms with E-state index in [1.54, 1.807) is 0 Å². The van der Waals surface area contributed by atoms with Crippen molar-refractivity contribution in [2.45, 2.75) is 38.4 Å². The number of imidazole rings is 1. The van der Waals surface area contributed by atoms with Crippen molar-refractivity contribution in [3.63, 3.8) is 0 Å². The van der Waals surface area contributed by atoms with E-state index in [4.69, 9.17) is 4.98 Å². The van der Waals surface area contributed by atoms with Crippen LogP contribution in [0.4, 0.5) is 4.79 Å². The van der Waals surface area contributed by atoms with Gasteiger partial charge in [-0.2, -0.15) is 0 Å². The van der Waals surface area contributed by atoms with Crippen LogP contribution in [-0.2, 0) is 18.4 Å². The van der Waals surface area contributed by atoms with Crippen LogP contribution in [0.3, 0.4) is 0 Å². The van der Waals surface area contributed by atoms with Crippen LogP contribution in [0.25, 0.3) is 11.0 Å². The smallest absolute Gasteiger partial charge is 0.325 e. The lowest BCUT2D eigenvalue weighted by atomic mass is 9.98. The van der Waals surface area contributed by atoms with Crippen LogP contribution in [0, 0.1) is 0 Å². The third kappa shape index (κ3) is 2.41. The number of aromatic nitrogens is 2. The number of aryl methyl sites for hydroxylation is 1. The zero-order valence-corrected chi connectivity index (χ0v) is 14.8. The Morgan fingerprint density at radius 2 is 2.04 bits per heavy atom. The summed E-state index contributed by atoms with van der Waals surface area (Å²) in [5.74, 6) is 0.871. The van der Waals surface area contributed by atoms with Gasteiger partial charge in [0.25, 0.3) is 5.91 Å².